The van der Waals surface area contributed by atoms with E-state index in [0.717, 1.165) is 23.8 Å². The molecule has 164 valence electrons. The first kappa shape index (κ1) is 24.3. The molecule has 0 radical (unpaired) electrons. The van der Waals surface area contributed by atoms with Crippen LogP contribution < -0.4 is 4.90 Å². The Balaban J connectivity index is 1.95. The standard InChI is InChI=1S/C26H36ClNO2/c1-3-5-6-7-8-9-10-11-20-28(21-22-12-16-24(27)17-13-22)25-18-14-23(15-19-25)26(29)30-4-2/h12-19H,3-11,20-21H2,1-2H3. The Bertz CT molecular complexity index is 728. The number of carbonyl (C=O) groups is 1. The lowest BCUT2D eigenvalue weighted by Crippen LogP contribution is -2.24. The van der Waals surface area contributed by atoms with Gasteiger partial charge in [0, 0.05) is 23.8 Å². The monoisotopic (exact) mass is 429 g/mol. The molecule has 2 aromatic carbocycles. The van der Waals surface area contributed by atoms with E-state index < -0.39 is 0 Å². The number of halogens is 1. The lowest BCUT2D eigenvalue weighted by Gasteiger charge is -2.25. The number of benzene rings is 2. The third-order valence-electron chi connectivity index (χ3n) is 5.31. The molecule has 0 atom stereocenters. The smallest absolute Gasteiger partial charge is 0.338 e. The van der Waals surface area contributed by atoms with E-state index in [2.05, 4.69) is 24.0 Å². The van der Waals surface area contributed by atoms with Gasteiger partial charge in [0.15, 0.2) is 0 Å². The molecular weight excluding hydrogens is 394 g/mol. The fourth-order valence-electron chi connectivity index (χ4n) is 3.57. The molecule has 0 amide bonds. The van der Waals surface area contributed by atoms with E-state index in [-0.39, 0.29) is 5.97 Å². The molecule has 0 aliphatic carbocycles. The zero-order chi connectivity index (χ0) is 21.6. The number of esters is 1. The zero-order valence-electron chi connectivity index (χ0n) is 18.5. The highest BCUT2D eigenvalue weighted by Gasteiger charge is 2.11. The molecule has 0 spiro atoms. The molecule has 2 aromatic rings. The van der Waals surface area contributed by atoms with Crippen LogP contribution >= 0.6 is 11.6 Å². The molecule has 0 unspecified atom stereocenters. The molecule has 0 aromatic heterocycles. The van der Waals surface area contributed by atoms with Gasteiger partial charge in [-0.05, 0) is 55.3 Å². The predicted octanol–water partition coefficient (Wildman–Crippen LogP) is 7.66. The lowest BCUT2D eigenvalue weighted by molar-refractivity contribution is 0.0526. The van der Waals surface area contributed by atoms with Gasteiger partial charge < -0.3 is 9.64 Å². The van der Waals surface area contributed by atoms with Crippen molar-refractivity contribution in [3.05, 3.63) is 64.7 Å². The second kappa shape index (κ2) is 14.1. The van der Waals surface area contributed by atoms with Gasteiger partial charge in [-0.1, -0.05) is 75.6 Å². The molecule has 4 heteroatoms. The molecule has 0 saturated heterocycles. The number of carbonyl (C=O) groups excluding carboxylic acids is 1. The van der Waals surface area contributed by atoms with Crippen LogP contribution in [0, 0.1) is 0 Å². The van der Waals surface area contributed by atoms with Gasteiger partial charge in [0.2, 0.25) is 0 Å². The molecule has 0 bridgehead atoms. The van der Waals surface area contributed by atoms with Crippen LogP contribution in [-0.4, -0.2) is 19.1 Å². The second-order valence-corrected chi connectivity index (χ2v) is 8.23. The Morgan fingerprint density at radius 3 is 2.03 bits per heavy atom. The van der Waals surface area contributed by atoms with Crippen LogP contribution in [0.15, 0.2) is 48.5 Å². The van der Waals surface area contributed by atoms with E-state index in [4.69, 9.17) is 16.3 Å². The van der Waals surface area contributed by atoms with E-state index in [1.807, 2.05) is 43.3 Å². The third kappa shape index (κ3) is 8.79. The van der Waals surface area contributed by atoms with Gasteiger partial charge in [0.05, 0.1) is 12.2 Å². The molecule has 0 fully saturated rings. The third-order valence-corrected chi connectivity index (χ3v) is 5.56. The van der Waals surface area contributed by atoms with Gasteiger partial charge in [-0.15, -0.1) is 0 Å². The summed E-state index contributed by atoms with van der Waals surface area (Å²) < 4.78 is 5.10. The van der Waals surface area contributed by atoms with Crippen molar-refractivity contribution in [3.63, 3.8) is 0 Å². The summed E-state index contributed by atoms with van der Waals surface area (Å²) >= 11 is 6.04. The first-order chi connectivity index (χ1) is 14.6. The number of ether oxygens (including phenoxy) is 1. The first-order valence-electron chi connectivity index (χ1n) is 11.4. The Labute approximate surface area is 187 Å². The molecule has 0 saturated carbocycles. The summed E-state index contributed by atoms with van der Waals surface area (Å²) in [6, 6.07) is 15.8. The summed E-state index contributed by atoms with van der Waals surface area (Å²) in [5, 5.41) is 0.757. The Morgan fingerprint density at radius 1 is 0.833 bits per heavy atom. The molecule has 3 nitrogen and oxygen atoms in total. The van der Waals surface area contributed by atoms with Crippen molar-refractivity contribution in [1.29, 1.82) is 0 Å². The number of hydrogen-bond acceptors (Lipinski definition) is 3. The van der Waals surface area contributed by atoms with E-state index in [1.54, 1.807) is 0 Å². The van der Waals surface area contributed by atoms with Gasteiger partial charge in [-0.2, -0.15) is 0 Å². The fraction of sp³-hybridized carbons (Fsp3) is 0.500. The van der Waals surface area contributed by atoms with Crippen molar-refractivity contribution in [2.45, 2.75) is 71.8 Å². The van der Waals surface area contributed by atoms with E-state index in [0.29, 0.717) is 12.2 Å². The SMILES string of the molecule is CCCCCCCCCCN(Cc1ccc(Cl)cc1)c1ccc(C(=O)OCC)cc1. The van der Waals surface area contributed by atoms with Crippen molar-refractivity contribution in [2.75, 3.05) is 18.1 Å². The van der Waals surface area contributed by atoms with Crippen LogP contribution in [-0.2, 0) is 11.3 Å². The van der Waals surface area contributed by atoms with Crippen molar-refractivity contribution in [1.82, 2.24) is 0 Å². The first-order valence-corrected chi connectivity index (χ1v) is 11.8. The number of hydrogen-bond donors (Lipinski definition) is 0. The van der Waals surface area contributed by atoms with Crippen molar-refractivity contribution >= 4 is 23.3 Å². The van der Waals surface area contributed by atoms with E-state index >= 15 is 0 Å². The van der Waals surface area contributed by atoms with E-state index in [1.165, 1.54) is 56.9 Å². The number of unbranched alkanes of at least 4 members (excludes halogenated alkanes) is 7. The largest absolute Gasteiger partial charge is 0.462 e. The van der Waals surface area contributed by atoms with Crippen molar-refractivity contribution in [2.24, 2.45) is 0 Å². The average Bonchev–Trinajstić information content (AvgIpc) is 2.76. The highest BCUT2D eigenvalue weighted by Crippen LogP contribution is 2.21. The molecule has 0 aliphatic rings. The number of nitrogens with zero attached hydrogens (tertiary/aromatic N) is 1. The molecule has 2 rings (SSSR count). The second-order valence-electron chi connectivity index (χ2n) is 7.79. The average molecular weight is 430 g/mol. The Hall–Kier alpha value is -2.00. The molecule has 30 heavy (non-hydrogen) atoms. The highest BCUT2D eigenvalue weighted by atomic mass is 35.5. The van der Waals surface area contributed by atoms with Crippen molar-refractivity contribution < 1.29 is 9.53 Å². The summed E-state index contributed by atoms with van der Waals surface area (Å²) in [7, 11) is 0. The normalized spacial score (nSPS) is 10.8. The quantitative estimate of drug-likeness (QED) is 0.228. The molecule has 0 aliphatic heterocycles. The minimum Gasteiger partial charge on any atom is -0.462 e. The minimum atomic E-state index is -0.267. The topological polar surface area (TPSA) is 29.5 Å². The maximum Gasteiger partial charge on any atom is 0.338 e. The number of anilines is 1. The number of rotatable bonds is 14. The van der Waals surface area contributed by atoms with Gasteiger partial charge >= 0.3 is 5.97 Å². The maximum absolute atomic E-state index is 11.9. The van der Waals surface area contributed by atoms with Gasteiger partial charge in [-0.3, -0.25) is 0 Å². The predicted molar refractivity (Wildman–Crippen MR) is 128 cm³/mol. The van der Waals surface area contributed by atoms with Crippen LogP contribution in [0.25, 0.3) is 0 Å². The van der Waals surface area contributed by atoms with Crippen LogP contribution in [0.3, 0.4) is 0 Å². The van der Waals surface area contributed by atoms with Gasteiger partial charge in [0.25, 0.3) is 0 Å². The van der Waals surface area contributed by atoms with Gasteiger partial charge in [0.1, 0.15) is 0 Å². The van der Waals surface area contributed by atoms with Gasteiger partial charge in [-0.25, -0.2) is 4.79 Å². The molecule has 0 heterocycles. The summed E-state index contributed by atoms with van der Waals surface area (Å²) in [5.74, 6) is -0.267. The lowest BCUT2D eigenvalue weighted by atomic mass is 10.1. The Morgan fingerprint density at radius 2 is 1.43 bits per heavy atom. The van der Waals surface area contributed by atoms with Crippen molar-refractivity contribution in [3.8, 4) is 0 Å². The zero-order valence-corrected chi connectivity index (χ0v) is 19.3. The summed E-state index contributed by atoms with van der Waals surface area (Å²) in [6.07, 6.45) is 10.5. The Kier molecular flexibility index (Phi) is 11.4. The maximum atomic E-state index is 11.9. The highest BCUT2D eigenvalue weighted by molar-refractivity contribution is 6.30. The minimum absolute atomic E-state index is 0.267. The van der Waals surface area contributed by atoms with Crippen LogP contribution in [0.4, 0.5) is 5.69 Å². The summed E-state index contributed by atoms with van der Waals surface area (Å²) in [4.78, 5) is 14.3. The molecule has 0 N–H and O–H groups in total. The fourth-order valence-corrected chi connectivity index (χ4v) is 3.69. The molecular formula is C26H36ClNO2. The van der Waals surface area contributed by atoms with Crippen LogP contribution in [0.2, 0.25) is 5.02 Å². The van der Waals surface area contributed by atoms with Crippen LogP contribution in [0.5, 0.6) is 0 Å². The summed E-state index contributed by atoms with van der Waals surface area (Å²) in [5.41, 5.74) is 2.95. The van der Waals surface area contributed by atoms with E-state index in [9.17, 15) is 4.79 Å². The summed E-state index contributed by atoms with van der Waals surface area (Å²) in [6.45, 7) is 6.29. The van der Waals surface area contributed by atoms with Crippen LogP contribution in [0.1, 0.15) is 81.1 Å².